The highest BCUT2D eigenvalue weighted by atomic mass is 16.6. The van der Waals surface area contributed by atoms with Crippen molar-refractivity contribution in [1.29, 1.82) is 0 Å². The molecular weight excluding hydrogens is 648 g/mol. The first kappa shape index (κ1) is 50.4. The Labute approximate surface area is 323 Å². The number of carbonyl (C=O) groups excluding carboxylic acids is 3. The normalized spacial score (nSPS) is 11.9. The molecule has 0 heterocycles. The Balaban J connectivity index is 4.26. The molecular formula is C46H88O6. The second kappa shape index (κ2) is 40.6. The van der Waals surface area contributed by atoms with Crippen molar-refractivity contribution in [3.05, 3.63) is 0 Å². The molecule has 6 heteroatoms. The summed E-state index contributed by atoms with van der Waals surface area (Å²) in [6, 6.07) is 0. The minimum atomic E-state index is -0.758. The van der Waals surface area contributed by atoms with Gasteiger partial charge in [-0.05, 0) is 25.2 Å². The summed E-state index contributed by atoms with van der Waals surface area (Å²) in [5.74, 6) is -0.0276. The van der Waals surface area contributed by atoms with Gasteiger partial charge in [0.25, 0.3) is 0 Å². The maximum atomic E-state index is 12.7. The second-order valence-electron chi connectivity index (χ2n) is 16.2. The Morgan fingerprint density at radius 2 is 0.635 bits per heavy atom. The van der Waals surface area contributed by atoms with Crippen LogP contribution in [0.5, 0.6) is 0 Å². The van der Waals surface area contributed by atoms with E-state index in [2.05, 4.69) is 27.7 Å². The largest absolute Gasteiger partial charge is 0.462 e. The number of hydrogen-bond acceptors (Lipinski definition) is 6. The lowest BCUT2D eigenvalue weighted by molar-refractivity contribution is -0.167. The van der Waals surface area contributed by atoms with E-state index in [0.717, 1.165) is 63.7 Å². The lowest BCUT2D eigenvalue weighted by Crippen LogP contribution is -2.30. The van der Waals surface area contributed by atoms with Crippen molar-refractivity contribution in [3.8, 4) is 0 Å². The Morgan fingerprint density at radius 3 is 0.942 bits per heavy atom. The number of hydrogen-bond donors (Lipinski definition) is 0. The molecule has 0 aliphatic heterocycles. The van der Waals surface area contributed by atoms with Gasteiger partial charge in [-0.1, -0.05) is 214 Å². The van der Waals surface area contributed by atoms with Crippen molar-refractivity contribution in [1.82, 2.24) is 0 Å². The number of ether oxygens (including phenoxy) is 3. The third kappa shape index (κ3) is 39.6. The van der Waals surface area contributed by atoms with Gasteiger partial charge in [-0.3, -0.25) is 14.4 Å². The molecule has 0 rings (SSSR count). The number of esters is 3. The van der Waals surface area contributed by atoms with Crippen LogP contribution >= 0.6 is 0 Å². The highest BCUT2D eigenvalue weighted by Crippen LogP contribution is 2.16. The molecule has 6 nitrogen and oxygen atoms in total. The van der Waals surface area contributed by atoms with Crippen molar-refractivity contribution >= 4 is 17.9 Å². The lowest BCUT2D eigenvalue weighted by Gasteiger charge is -2.18. The van der Waals surface area contributed by atoms with Gasteiger partial charge < -0.3 is 14.2 Å². The molecule has 0 amide bonds. The molecule has 0 aromatic heterocycles. The monoisotopic (exact) mass is 737 g/mol. The first-order valence-electron chi connectivity index (χ1n) is 22.9. The number of carbonyl (C=O) groups is 3. The molecule has 0 aliphatic carbocycles. The summed E-state index contributed by atoms with van der Waals surface area (Å²) in [5.41, 5.74) is 0. The minimum Gasteiger partial charge on any atom is -0.462 e. The summed E-state index contributed by atoms with van der Waals surface area (Å²) >= 11 is 0. The fourth-order valence-electron chi connectivity index (χ4n) is 6.80. The standard InChI is InChI=1S/C46H88O6/c1-5-7-9-11-13-14-15-19-22-26-30-34-38-45(48)51-41-43(40-50-44(47)37-33-29-24-12-10-8-6-2)52-46(49)39-35-31-27-23-20-17-16-18-21-25-28-32-36-42(3)4/h42-43H,5-41H2,1-4H3/t43-/m1/s1. The van der Waals surface area contributed by atoms with Crippen molar-refractivity contribution in [2.45, 2.75) is 259 Å². The van der Waals surface area contributed by atoms with Crippen molar-refractivity contribution in [2.24, 2.45) is 5.92 Å². The van der Waals surface area contributed by atoms with Crippen LogP contribution in [0.2, 0.25) is 0 Å². The lowest BCUT2D eigenvalue weighted by atomic mass is 10.0. The third-order valence-electron chi connectivity index (χ3n) is 10.3. The predicted molar refractivity (Wildman–Crippen MR) is 220 cm³/mol. The fraction of sp³-hybridized carbons (Fsp3) is 0.935. The van der Waals surface area contributed by atoms with E-state index in [1.165, 1.54) is 148 Å². The van der Waals surface area contributed by atoms with Crippen LogP contribution in [-0.4, -0.2) is 37.2 Å². The summed E-state index contributed by atoms with van der Waals surface area (Å²) in [6.07, 6.45) is 39.5. The molecule has 0 aromatic carbocycles. The summed E-state index contributed by atoms with van der Waals surface area (Å²) in [6.45, 7) is 8.96. The van der Waals surface area contributed by atoms with Crippen LogP contribution in [0.15, 0.2) is 0 Å². The molecule has 0 aromatic rings. The second-order valence-corrected chi connectivity index (χ2v) is 16.2. The van der Waals surface area contributed by atoms with E-state index < -0.39 is 6.10 Å². The van der Waals surface area contributed by atoms with Gasteiger partial charge >= 0.3 is 17.9 Å². The first-order chi connectivity index (χ1) is 25.4. The predicted octanol–water partition coefficient (Wildman–Crippen LogP) is 14.3. The van der Waals surface area contributed by atoms with E-state index in [4.69, 9.17) is 14.2 Å². The number of rotatable bonds is 41. The minimum absolute atomic E-state index is 0.0640. The van der Waals surface area contributed by atoms with Gasteiger partial charge in [-0.25, -0.2) is 0 Å². The van der Waals surface area contributed by atoms with Crippen LogP contribution in [0, 0.1) is 5.92 Å². The molecule has 0 radical (unpaired) electrons. The molecule has 0 spiro atoms. The smallest absolute Gasteiger partial charge is 0.306 e. The molecule has 0 saturated heterocycles. The van der Waals surface area contributed by atoms with Gasteiger partial charge in [0.1, 0.15) is 13.2 Å². The molecule has 308 valence electrons. The zero-order valence-electron chi connectivity index (χ0n) is 35.3. The Morgan fingerprint density at radius 1 is 0.365 bits per heavy atom. The van der Waals surface area contributed by atoms with E-state index in [0.29, 0.717) is 19.3 Å². The van der Waals surface area contributed by atoms with Gasteiger partial charge in [0.05, 0.1) is 0 Å². The van der Waals surface area contributed by atoms with Crippen molar-refractivity contribution < 1.29 is 28.6 Å². The summed E-state index contributed by atoms with van der Waals surface area (Å²) in [4.78, 5) is 37.6. The maximum Gasteiger partial charge on any atom is 0.306 e. The van der Waals surface area contributed by atoms with Gasteiger partial charge in [-0.15, -0.1) is 0 Å². The third-order valence-corrected chi connectivity index (χ3v) is 10.3. The molecule has 0 bridgehead atoms. The summed E-state index contributed by atoms with van der Waals surface area (Å²) in [7, 11) is 0. The molecule has 0 N–H and O–H groups in total. The average molecular weight is 737 g/mol. The topological polar surface area (TPSA) is 78.9 Å². The molecule has 0 aliphatic rings. The molecule has 1 atom stereocenters. The van der Waals surface area contributed by atoms with Gasteiger partial charge in [0, 0.05) is 19.3 Å². The Kier molecular flexibility index (Phi) is 39.4. The van der Waals surface area contributed by atoms with E-state index in [1.54, 1.807) is 0 Å². The molecule has 0 fully saturated rings. The van der Waals surface area contributed by atoms with Crippen LogP contribution in [0.1, 0.15) is 252 Å². The Hall–Kier alpha value is -1.59. The zero-order chi connectivity index (χ0) is 38.2. The quantitative estimate of drug-likeness (QED) is 0.0353. The summed E-state index contributed by atoms with van der Waals surface area (Å²) in [5, 5.41) is 0. The molecule has 0 unspecified atom stereocenters. The number of unbranched alkanes of at least 4 members (excludes halogenated alkanes) is 28. The van der Waals surface area contributed by atoms with Crippen LogP contribution in [0.4, 0.5) is 0 Å². The van der Waals surface area contributed by atoms with E-state index in [9.17, 15) is 14.4 Å². The molecule has 0 saturated carbocycles. The first-order valence-corrected chi connectivity index (χ1v) is 22.9. The van der Waals surface area contributed by atoms with Crippen LogP contribution in [0.3, 0.4) is 0 Å². The summed E-state index contributed by atoms with van der Waals surface area (Å²) < 4.78 is 16.7. The van der Waals surface area contributed by atoms with Crippen LogP contribution in [0.25, 0.3) is 0 Å². The van der Waals surface area contributed by atoms with Gasteiger partial charge in [0.15, 0.2) is 6.10 Å². The van der Waals surface area contributed by atoms with Gasteiger partial charge in [0.2, 0.25) is 0 Å². The highest BCUT2D eigenvalue weighted by Gasteiger charge is 2.19. The zero-order valence-corrected chi connectivity index (χ0v) is 35.3. The van der Waals surface area contributed by atoms with E-state index >= 15 is 0 Å². The fourth-order valence-corrected chi connectivity index (χ4v) is 6.80. The van der Waals surface area contributed by atoms with Crippen molar-refractivity contribution in [2.75, 3.05) is 13.2 Å². The molecule has 52 heavy (non-hydrogen) atoms. The van der Waals surface area contributed by atoms with Crippen LogP contribution in [-0.2, 0) is 28.6 Å². The highest BCUT2D eigenvalue weighted by molar-refractivity contribution is 5.71. The van der Waals surface area contributed by atoms with Crippen molar-refractivity contribution in [3.63, 3.8) is 0 Å². The SMILES string of the molecule is CCCCCCCCCCCCCCC(=O)OC[C@@H](COC(=O)CCCCCCCCC)OC(=O)CCCCCCCCCCCCCCC(C)C. The van der Waals surface area contributed by atoms with E-state index in [1.807, 2.05) is 0 Å². The van der Waals surface area contributed by atoms with Crippen LogP contribution < -0.4 is 0 Å². The van der Waals surface area contributed by atoms with E-state index in [-0.39, 0.29) is 31.1 Å². The van der Waals surface area contributed by atoms with Gasteiger partial charge in [-0.2, -0.15) is 0 Å². The Bertz CT molecular complexity index is 781. The average Bonchev–Trinajstić information content (AvgIpc) is 3.12. The maximum absolute atomic E-state index is 12.7.